The topological polar surface area (TPSA) is 65.4 Å². The van der Waals surface area contributed by atoms with Crippen molar-refractivity contribution in [1.82, 2.24) is 14.6 Å². The molecule has 0 radical (unpaired) electrons. The minimum atomic E-state index is 0.549. The lowest BCUT2D eigenvalue weighted by Crippen LogP contribution is -1.95. The average Bonchev–Trinajstić information content (AvgIpc) is 2.85. The number of methoxy groups -OCH3 is 1. The van der Waals surface area contributed by atoms with Crippen LogP contribution in [0.2, 0.25) is 5.15 Å². The molecule has 0 fully saturated rings. The van der Waals surface area contributed by atoms with E-state index in [0.717, 1.165) is 5.56 Å². The highest BCUT2D eigenvalue weighted by molar-refractivity contribution is 6.29. The summed E-state index contributed by atoms with van der Waals surface area (Å²) in [5, 5.41) is 8.80. The van der Waals surface area contributed by atoms with Crippen LogP contribution < -0.4 is 10.5 Å². The minimum absolute atomic E-state index is 0.549. The van der Waals surface area contributed by atoms with Crippen LogP contribution in [0.1, 0.15) is 0 Å². The Hall–Kier alpha value is -2.27. The molecule has 0 aliphatic carbocycles. The standard InChI is InChI=1S/C13H11ClN4O/c1-19-10-7-8(5-6-9(10)15)13-17-16-12-4-2-3-11(14)18(12)13/h2-7H,15H2,1H3. The van der Waals surface area contributed by atoms with Gasteiger partial charge in [0.25, 0.3) is 0 Å². The molecule has 0 spiro atoms. The highest BCUT2D eigenvalue weighted by atomic mass is 35.5. The van der Waals surface area contributed by atoms with Crippen molar-refractivity contribution in [3.63, 3.8) is 0 Å². The van der Waals surface area contributed by atoms with Crippen LogP contribution in [-0.4, -0.2) is 21.7 Å². The SMILES string of the molecule is COc1cc(-c2nnc3cccc(Cl)n23)ccc1N. The van der Waals surface area contributed by atoms with Gasteiger partial charge in [0.15, 0.2) is 11.5 Å². The van der Waals surface area contributed by atoms with Crippen LogP contribution in [0.15, 0.2) is 36.4 Å². The first-order valence-corrected chi connectivity index (χ1v) is 6.02. The molecule has 2 N–H and O–H groups in total. The molecule has 0 saturated heterocycles. The maximum atomic E-state index is 6.19. The molecule has 2 aromatic heterocycles. The third-order valence-electron chi connectivity index (χ3n) is 2.87. The maximum Gasteiger partial charge on any atom is 0.169 e. The fourth-order valence-electron chi connectivity index (χ4n) is 1.94. The van der Waals surface area contributed by atoms with E-state index in [9.17, 15) is 0 Å². The Kier molecular flexibility index (Phi) is 2.76. The predicted molar refractivity (Wildman–Crippen MR) is 74.4 cm³/mol. The van der Waals surface area contributed by atoms with E-state index in [1.54, 1.807) is 23.6 Å². The fourth-order valence-corrected chi connectivity index (χ4v) is 2.18. The van der Waals surface area contributed by atoms with Crippen LogP contribution >= 0.6 is 11.6 Å². The van der Waals surface area contributed by atoms with Crippen molar-refractivity contribution in [2.24, 2.45) is 0 Å². The Morgan fingerprint density at radius 1 is 1.21 bits per heavy atom. The lowest BCUT2D eigenvalue weighted by Gasteiger charge is -2.07. The van der Waals surface area contributed by atoms with Gasteiger partial charge in [-0.2, -0.15) is 0 Å². The van der Waals surface area contributed by atoms with E-state index < -0.39 is 0 Å². The van der Waals surface area contributed by atoms with Gasteiger partial charge in [0.1, 0.15) is 10.9 Å². The zero-order valence-electron chi connectivity index (χ0n) is 10.2. The first-order chi connectivity index (χ1) is 9.20. The Morgan fingerprint density at radius 2 is 2.05 bits per heavy atom. The molecule has 0 unspecified atom stereocenters. The largest absolute Gasteiger partial charge is 0.495 e. The number of nitrogens with two attached hydrogens (primary N) is 1. The summed E-state index contributed by atoms with van der Waals surface area (Å²) in [5.41, 5.74) is 7.91. The molecule has 0 amide bonds. The second-order valence-electron chi connectivity index (χ2n) is 4.02. The highest BCUT2D eigenvalue weighted by Gasteiger charge is 2.12. The van der Waals surface area contributed by atoms with E-state index in [-0.39, 0.29) is 0 Å². The molecule has 0 bridgehead atoms. The molecule has 0 aliphatic rings. The Labute approximate surface area is 114 Å². The summed E-state index contributed by atoms with van der Waals surface area (Å²) in [6.45, 7) is 0. The van der Waals surface area contributed by atoms with Gasteiger partial charge < -0.3 is 10.5 Å². The number of nitrogens with zero attached hydrogens (tertiary/aromatic N) is 3. The van der Waals surface area contributed by atoms with Crippen LogP contribution in [0.25, 0.3) is 17.0 Å². The highest BCUT2D eigenvalue weighted by Crippen LogP contribution is 2.29. The van der Waals surface area contributed by atoms with Crippen molar-refractivity contribution in [3.05, 3.63) is 41.6 Å². The first kappa shape index (κ1) is 11.8. The lowest BCUT2D eigenvalue weighted by atomic mass is 10.2. The van der Waals surface area contributed by atoms with Gasteiger partial charge in [-0.05, 0) is 30.3 Å². The smallest absolute Gasteiger partial charge is 0.169 e. The Balaban J connectivity index is 2.25. The van der Waals surface area contributed by atoms with Gasteiger partial charge in [0, 0.05) is 5.56 Å². The zero-order valence-corrected chi connectivity index (χ0v) is 10.9. The molecule has 2 heterocycles. The summed E-state index contributed by atoms with van der Waals surface area (Å²) in [6, 6.07) is 10.9. The second-order valence-corrected chi connectivity index (χ2v) is 4.41. The van der Waals surface area contributed by atoms with Crippen LogP contribution in [0.4, 0.5) is 5.69 Å². The van der Waals surface area contributed by atoms with Gasteiger partial charge in [0.2, 0.25) is 0 Å². The molecule has 3 aromatic rings. The number of benzene rings is 1. The molecule has 0 saturated carbocycles. The van der Waals surface area contributed by atoms with E-state index >= 15 is 0 Å². The van der Waals surface area contributed by atoms with E-state index in [1.165, 1.54) is 0 Å². The number of pyridine rings is 1. The quantitative estimate of drug-likeness (QED) is 0.576. The predicted octanol–water partition coefficient (Wildman–Crippen LogP) is 2.64. The summed E-state index contributed by atoms with van der Waals surface area (Å²) in [5.74, 6) is 1.25. The Bertz CT molecular complexity index is 753. The Morgan fingerprint density at radius 3 is 2.84 bits per heavy atom. The lowest BCUT2D eigenvalue weighted by molar-refractivity contribution is 0.417. The number of fused-ring (bicyclic) bond motifs is 1. The molecule has 6 heteroatoms. The minimum Gasteiger partial charge on any atom is -0.495 e. The number of hydrogen-bond acceptors (Lipinski definition) is 4. The van der Waals surface area contributed by atoms with E-state index in [2.05, 4.69) is 10.2 Å². The first-order valence-electron chi connectivity index (χ1n) is 5.64. The molecule has 5 nitrogen and oxygen atoms in total. The summed E-state index contributed by atoms with van der Waals surface area (Å²) >= 11 is 6.19. The molecule has 3 rings (SSSR count). The number of halogens is 1. The fraction of sp³-hybridized carbons (Fsp3) is 0.0769. The molecular formula is C13H11ClN4O. The molecule has 0 atom stereocenters. The molecule has 19 heavy (non-hydrogen) atoms. The third-order valence-corrected chi connectivity index (χ3v) is 3.17. The third kappa shape index (κ3) is 1.88. The summed E-state index contributed by atoms with van der Waals surface area (Å²) in [7, 11) is 1.57. The zero-order chi connectivity index (χ0) is 13.4. The molecule has 96 valence electrons. The van der Waals surface area contributed by atoms with Crippen LogP contribution in [-0.2, 0) is 0 Å². The van der Waals surface area contributed by atoms with Crippen molar-refractivity contribution >= 4 is 22.9 Å². The maximum absolute atomic E-state index is 6.19. The van der Waals surface area contributed by atoms with Crippen molar-refractivity contribution in [1.29, 1.82) is 0 Å². The molecule has 1 aromatic carbocycles. The van der Waals surface area contributed by atoms with E-state index in [1.807, 2.05) is 24.3 Å². The number of ether oxygens (including phenoxy) is 1. The summed E-state index contributed by atoms with van der Waals surface area (Å²) in [4.78, 5) is 0. The van der Waals surface area contributed by atoms with E-state index in [0.29, 0.717) is 28.1 Å². The van der Waals surface area contributed by atoms with Crippen LogP contribution in [0, 0.1) is 0 Å². The van der Waals surface area contributed by atoms with Crippen molar-refractivity contribution in [3.8, 4) is 17.1 Å². The summed E-state index contributed by atoms with van der Waals surface area (Å²) < 4.78 is 6.98. The van der Waals surface area contributed by atoms with E-state index in [4.69, 9.17) is 22.1 Å². The van der Waals surface area contributed by atoms with Crippen molar-refractivity contribution in [2.75, 3.05) is 12.8 Å². The summed E-state index contributed by atoms with van der Waals surface area (Å²) in [6.07, 6.45) is 0. The monoisotopic (exact) mass is 274 g/mol. The number of rotatable bonds is 2. The number of aromatic nitrogens is 3. The molecular weight excluding hydrogens is 264 g/mol. The number of nitrogen functional groups attached to an aromatic ring is 1. The van der Waals surface area contributed by atoms with Gasteiger partial charge in [-0.15, -0.1) is 10.2 Å². The van der Waals surface area contributed by atoms with Gasteiger partial charge >= 0.3 is 0 Å². The van der Waals surface area contributed by atoms with Gasteiger partial charge in [0.05, 0.1) is 12.8 Å². The van der Waals surface area contributed by atoms with Gasteiger partial charge in [-0.25, -0.2) is 0 Å². The van der Waals surface area contributed by atoms with Crippen LogP contribution in [0.3, 0.4) is 0 Å². The van der Waals surface area contributed by atoms with Crippen LogP contribution in [0.5, 0.6) is 5.75 Å². The number of hydrogen-bond donors (Lipinski definition) is 1. The normalized spacial score (nSPS) is 10.8. The molecule has 0 aliphatic heterocycles. The second kappa shape index (κ2) is 4.44. The average molecular weight is 275 g/mol. The van der Waals surface area contributed by atoms with Gasteiger partial charge in [-0.3, -0.25) is 4.40 Å². The van der Waals surface area contributed by atoms with Crippen molar-refractivity contribution < 1.29 is 4.74 Å². The number of anilines is 1. The van der Waals surface area contributed by atoms with Gasteiger partial charge in [-0.1, -0.05) is 17.7 Å². The van der Waals surface area contributed by atoms with Crippen molar-refractivity contribution in [2.45, 2.75) is 0 Å².